The first-order valence-electron chi connectivity index (χ1n) is 7.63. The number of rotatable bonds is 5. The Hall–Kier alpha value is -2.53. The zero-order chi connectivity index (χ0) is 15.8. The minimum absolute atomic E-state index is 0.0950. The third-order valence-corrected chi connectivity index (χ3v) is 3.76. The molecule has 0 saturated carbocycles. The molecule has 23 heavy (non-hydrogen) atoms. The van der Waals surface area contributed by atoms with E-state index in [-0.39, 0.29) is 11.5 Å². The first-order chi connectivity index (χ1) is 11.3. The molecule has 0 amide bonds. The number of epoxide rings is 1. The number of para-hydroxylation sites is 1. The molecule has 0 spiro atoms. The first kappa shape index (κ1) is 14.1. The van der Waals surface area contributed by atoms with Gasteiger partial charge in [-0.25, -0.2) is 0 Å². The summed E-state index contributed by atoms with van der Waals surface area (Å²) in [6.07, 6.45) is 0.157. The zero-order valence-corrected chi connectivity index (χ0v) is 12.7. The topological polar surface area (TPSA) is 61.2 Å². The van der Waals surface area contributed by atoms with Gasteiger partial charge >= 0.3 is 0 Å². The van der Waals surface area contributed by atoms with Crippen LogP contribution in [0.3, 0.4) is 0 Å². The number of benzene rings is 2. The summed E-state index contributed by atoms with van der Waals surface area (Å²) >= 11 is 0. The third kappa shape index (κ3) is 2.64. The second-order valence-electron chi connectivity index (χ2n) is 5.42. The van der Waals surface area contributed by atoms with Crippen LogP contribution in [0.1, 0.15) is 6.92 Å². The van der Waals surface area contributed by atoms with Crippen molar-refractivity contribution in [1.82, 2.24) is 0 Å². The Labute approximate surface area is 132 Å². The highest BCUT2D eigenvalue weighted by Gasteiger charge is 2.23. The fraction of sp³-hybridized carbons (Fsp3) is 0.278. The minimum atomic E-state index is -0.0950. The average Bonchev–Trinajstić information content (AvgIpc) is 3.37. The number of hydrogen-bond acceptors (Lipinski definition) is 5. The predicted molar refractivity (Wildman–Crippen MR) is 86.4 cm³/mol. The quantitative estimate of drug-likeness (QED) is 0.535. The molecule has 1 atom stereocenters. The molecule has 1 fully saturated rings. The average molecular weight is 312 g/mol. The van der Waals surface area contributed by atoms with E-state index in [9.17, 15) is 4.79 Å². The van der Waals surface area contributed by atoms with Crippen LogP contribution < -0.4 is 14.9 Å². The Bertz CT molecular complexity index is 924. The molecule has 0 radical (unpaired) electrons. The monoisotopic (exact) mass is 312 g/mol. The summed E-state index contributed by atoms with van der Waals surface area (Å²) in [5.41, 5.74) is 0.920. The van der Waals surface area contributed by atoms with Crippen LogP contribution in [-0.2, 0) is 4.74 Å². The fourth-order valence-corrected chi connectivity index (χ4v) is 2.57. The largest absolute Gasteiger partial charge is 0.493 e. The van der Waals surface area contributed by atoms with E-state index >= 15 is 0 Å². The maximum Gasteiger partial charge on any atom is 0.204 e. The lowest BCUT2D eigenvalue weighted by atomic mass is 10.1. The molecular weight excluding hydrogens is 296 g/mol. The van der Waals surface area contributed by atoms with Crippen molar-refractivity contribution in [3.05, 3.63) is 46.6 Å². The van der Waals surface area contributed by atoms with Crippen LogP contribution in [0.25, 0.3) is 21.9 Å². The van der Waals surface area contributed by atoms with Gasteiger partial charge in [0, 0.05) is 12.1 Å². The van der Waals surface area contributed by atoms with E-state index in [4.69, 9.17) is 18.6 Å². The van der Waals surface area contributed by atoms with Gasteiger partial charge in [0.25, 0.3) is 0 Å². The van der Waals surface area contributed by atoms with E-state index in [2.05, 4.69) is 0 Å². The molecule has 1 aromatic heterocycles. The van der Waals surface area contributed by atoms with Gasteiger partial charge < -0.3 is 18.6 Å². The van der Waals surface area contributed by atoms with Crippen molar-refractivity contribution in [2.45, 2.75) is 13.0 Å². The maximum atomic E-state index is 12.8. The van der Waals surface area contributed by atoms with E-state index in [0.717, 1.165) is 6.61 Å². The summed E-state index contributed by atoms with van der Waals surface area (Å²) in [6, 6.07) is 10.7. The van der Waals surface area contributed by atoms with Gasteiger partial charge in [0.2, 0.25) is 5.43 Å². The molecular formula is C18H16O5. The number of hydrogen-bond donors (Lipinski definition) is 0. The Morgan fingerprint density at radius 2 is 2.00 bits per heavy atom. The summed E-state index contributed by atoms with van der Waals surface area (Å²) in [4.78, 5) is 12.8. The van der Waals surface area contributed by atoms with Crippen molar-refractivity contribution in [2.75, 3.05) is 19.8 Å². The normalized spacial score (nSPS) is 16.7. The highest BCUT2D eigenvalue weighted by atomic mass is 16.6. The van der Waals surface area contributed by atoms with Gasteiger partial charge in [-0.1, -0.05) is 12.1 Å². The molecule has 2 heterocycles. The van der Waals surface area contributed by atoms with Crippen molar-refractivity contribution in [1.29, 1.82) is 0 Å². The highest BCUT2D eigenvalue weighted by molar-refractivity contribution is 5.93. The molecule has 5 heteroatoms. The Balaban J connectivity index is 1.91. The SMILES string of the molecule is CCOc1cc(OCC2CO2)cc2oc3ccccc3c(=O)c12. The van der Waals surface area contributed by atoms with Crippen molar-refractivity contribution < 1.29 is 18.6 Å². The van der Waals surface area contributed by atoms with Gasteiger partial charge in [-0.05, 0) is 19.1 Å². The van der Waals surface area contributed by atoms with Crippen molar-refractivity contribution in [3.8, 4) is 11.5 Å². The van der Waals surface area contributed by atoms with Crippen LogP contribution in [-0.4, -0.2) is 25.9 Å². The molecule has 0 N–H and O–H groups in total. The van der Waals surface area contributed by atoms with Gasteiger partial charge in [0.15, 0.2) is 0 Å². The lowest BCUT2D eigenvalue weighted by molar-refractivity contribution is 0.261. The van der Waals surface area contributed by atoms with Gasteiger partial charge in [-0.15, -0.1) is 0 Å². The van der Waals surface area contributed by atoms with E-state index in [1.165, 1.54) is 0 Å². The molecule has 1 unspecified atom stereocenters. The van der Waals surface area contributed by atoms with E-state index in [0.29, 0.717) is 46.7 Å². The first-order valence-corrected chi connectivity index (χ1v) is 7.63. The van der Waals surface area contributed by atoms with Crippen LogP contribution in [0.15, 0.2) is 45.6 Å². The van der Waals surface area contributed by atoms with E-state index in [1.807, 2.05) is 19.1 Å². The summed E-state index contributed by atoms with van der Waals surface area (Å²) < 4.78 is 22.4. The Kier molecular flexibility index (Phi) is 3.42. The molecule has 0 aliphatic carbocycles. The van der Waals surface area contributed by atoms with Gasteiger partial charge in [0.1, 0.15) is 40.8 Å². The molecule has 2 aromatic carbocycles. The molecule has 5 nitrogen and oxygen atoms in total. The van der Waals surface area contributed by atoms with Gasteiger partial charge in [-0.2, -0.15) is 0 Å². The Morgan fingerprint density at radius 1 is 1.17 bits per heavy atom. The summed E-state index contributed by atoms with van der Waals surface area (Å²) in [5.74, 6) is 1.09. The fourth-order valence-electron chi connectivity index (χ4n) is 2.57. The summed E-state index contributed by atoms with van der Waals surface area (Å²) in [7, 11) is 0. The molecule has 3 aromatic rings. The molecule has 1 saturated heterocycles. The minimum Gasteiger partial charge on any atom is -0.493 e. The van der Waals surface area contributed by atoms with Gasteiger partial charge in [0.05, 0.1) is 18.6 Å². The molecule has 1 aliphatic heterocycles. The van der Waals surface area contributed by atoms with Crippen LogP contribution >= 0.6 is 0 Å². The predicted octanol–water partition coefficient (Wildman–Crippen LogP) is 3.12. The van der Waals surface area contributed by atoms with Crippen molar-refractivity contribution in [3.63, 3.8) is 0 Å². The lowest BCUT2D eigenvalue weighted by Crippen LogP contribution is -2.07. The van der Waals surface area contributed by atoms with Crippen molar-refractivity contribution >= 4 is 21.9 Å². The molecule has 0 bridgehead atoms. The summed E-state index contributed by atoms with van der Waals surface area (Å²) in [5, 5.41) is 0.988. The molecule has 4 rings (SSSR count). The van der Waals surface area contributed by atoms with Crippen LogP contribution in [0.4, 0.5) is 0 Å². The standard InChI is InChI=1S/C18H16O5/c1-2-20-15-7-11(21-9-12-10-22-12)8-16-17(15)18(19)13-5-3-4-6-14(13)23-16/h3-8,12H,2,9-10H2,1H3. The Morgan fingerprint density at radius 3 is 2.78 bits per heavy atom. The zero-order valence-electron chi connectivity index (χ0n) is 12.7. The van der Waals surface area contributed by atoms with E-state index in [1.54, 1.807) is 24.3 Å². The molecule has 118 valence electrons. The highest BCUT2D eigenvalue weighted by Crippen LogP contribution is 2.32. The number of fused-ring (bicyclic) bond motifs is 2. The summed E-state index contributed by atoms with van der Waals surface area (Å²) in [6.45, 7) is 3.54. The molecule has 1 aliphatic rings. The smallest absolute Gasteiger partial charge is 0.204 e. The second kappa shape index (κ2) is 5.59. The van der Waals surface area contributed by atoms with Crippen LogP contribution in [0.2, 0.25) is 0 Å². The van der Waals surface area contributed by atoms with Crippen molar-refractivity contribution in [2.24, 2.45) is 0 Å². The third-order valence-electron chi connectivity index (χ3n) is 3.76. The number of ether oxygens (including phenoxy) is 3. The van der Waals surface area contributed by atoms with Crippen LogP contribution in [0, 0.1) is 0 Å². The maximum absolute atomic E-state index is 12.8. The lowest BCUT2D eigenvalue weighted by Gasteiger charge is -2.11. The van der Waals surface area contributed by atoms with Crippen LogP contribution in [0.5, 0.6) is 11.5 Å². The van der Waals surface area contributed by atoms with E-state index < -0.39 is 0 Å². The van der Waals surface area contributed by atoms with Gasteiger partial charge in [-0.3, -0.25) is 4.79 Å². The second-order valence-corrected chi connectivity index (χ2v) is 5.42.